The Hall–Kier alpha value is -1.54. The molecule has 0 aliphatic heterocycles. The standard InChI is InChI=1S/C11H13NO3S/c1-8(2)11-6-10(15-16(3,13)14)5-4-9(11)7-12/h4-6,8H,1-3H3. The third-order valence-corrected chi connectivity index (χ3v) is 2.51. The van der Waals surface area contributed by atoms with Gasteiger partial charge in [-0.25, -0.2) is 0 Å². The predicted molar refractivity (Wildman–Crippen MR) is 60.7 cm³/mol. The van der Waals surface area contributed by atoms with E-state index in [-0.39, 0.29) is 11.7 Å². The number of rotatable bonds is 3. The second-order valence-corrected chi connectivity index (χ2v) is 5.38. The molecule has 0 radical (unpaired) electrons. The van der Waals surface area contributed by atoms with Crippen LogP contribution in [0.1, 0.15) is 30.9 Å². The van der Waals surface area contributed by atoms with Crippen molar-refractivity contribution in [1.82, 2.24) is 0 Å². The summed E-state index contributed by atoms with van der Waals surface area (Å²) in [7, 11) is -3.52. The summed E-state index contributed by atoms with van der Waals surface area (Å²) in [5.74, 6) is 0.378. The quantitative estimate of drug-likeness (QED) is 0.757. The molecule has 5 heteroatoms. The SMILES string of the molecule is CC(C)c1cc(OS(C)(=O)=O)ccc1C#N. The highest BCUT2D eigenvalue weighted by molar-refractivity contribution is 7.86. The highest BCUT2D eigenvalue weighted by atomic mass is 32.2. The van der Waals surface area contributed by atoms with Gasteiger partial charge in [0.15, 0.2) is 0 Å². The molecular weight excluding hydrogens is 226 g/mol. The smallest absolute Gasteiger partial charge is 0.306 e. The molecule has 0 amide bonds. The molecule has 0 unspecified atom stereocenters. The van der Waals surface area contributed by atoms with Crippen molar-refractivity contribution >= 4 is 10.1 Å². The number of hydrogen-bond acceptors (Lipinski definition) is 4. The van der Waals surface area contributed by atoms with Crippen LogP contribution in [0, 0.1) is 11.3 Å². The van der Waals surface area contributed by atoms with Crippen LogP contribution in [0.15, 0.2) is 18.2 Å². The summed E-state index contributed by atoms with van der Waals surface area (Å²) in [6, 6.07) is 6.69. The van der Waals surface area contributed by atoms with Gasteiger partial charge >= 0.3 is 10.1 Å². The highest BCUT2D eigenvalue weighted by Gasteiger charge is 2.10. The lowest BCUT2D eigenvalue weighted by Gasteiger charge is -2.10. The molecule has 0 heterocycles. The minimum Gasteiger partial charge on any atom is -0.383 e. The minimum absolute atomic E-state index is 0.137. The van der Waals surface area contributed by atoms with Crippen LogP contribution in [-0.2, 0) is 10.1 Å². The summed E-state index contributed by atoms with van der Waals surface area (Å²) in [5, 5.41) is 8.88. The van der Waals surface area contributed by atoms with E-state index >= 15 is 0 Å². The molecule has 1 aromatic rings. The van der Waals surface area contributed by atoms with Gasteiger partial charge in [-0.3, -0.25) is 0 Å². The van der Waals surface area contributed by atoms with Crippen molar-refractivity contribution in [2.24, 2.45) is 0 Å². The normalized spacial score (nSPS) is 11.2. The van der Waals surface area contributed by atoms with Gasteiger partial charge in [0.2, 0.25) is 0 Å². The van der Waals surface area contributed by atoms with Crippen molar-refractivity contribution in [3.63, 3.8) is 0 Å². The summed E-state index contributed by atoms with van der Waals surface area (Å²) < 4.78 is 26.7. The monoisotopic (exact) mass is 239 g/mol. The second kappa shape index (κ2) is 4.54. The molecule has 86 valence electrons. The first-order valence-electron chi connectivity index (χ1n) is 4.77. The third-order valence-electron chi connectivity index (χ3n) is 2.01. The van der Waals surface area contributed by atoms with Crippen LogP contribution < -0.4 is 4.18 Å². The molecule has 1 aromatic carbocycles. The molecule has 0 N–H and O–H groups in total. The summed E-state index contributed by atoms with van der Waals surface area (Å²) in [5.41, 5.74) is 1.32. The topological polar surface area (TPSA) is 67.2 Å². The van der Waals surface area contributed by atoms with Crippen molar-refractivity contribution < 1.29 is 12.6 Å². The van der Waals surface area contributed by atoms with Crippen LogP contribution in [0.2, 0.25) is 0 Å². The van der Waals surface area contributed by atoms with Crippen molar-refractivity contribution in [2.45, 2.75) is 19.8 Å². The molecule has 0 atom stereocenters. The van der Waals surface area contributed by atoms with Crippen molar-refractivity contribution in [3.05, 3.63) is 29.3 Å². The van der Waals surface area contributed by atoms with Crippen LogP contribution >= 0.6 is 0 Å². The Morgan fingerprint density at radius 3 is 2.44 bits per heavy atom. The van der Waals surface area contributed by atoms with Crippen molar-refractivity contribution in [1.29, 1.82) is 5.26 Å². The molecule has 1 rings (SSSR count). The Bertz CT molecular complexity index is 527. The van der Waals surface area contributed by atoms with Gasteiger partial charge in [0, 0.05) is 0 Å². The van der Waals surface area contributed by atoms with Gasteiger partial charge in [-0.1, -0.05) is 13.8 Å². The number of benzene rings is 1. The average Bonchev–Trinajstić information content (AvgIpc) is 2.15. The summed E-state index contributed by atoms with van der Waals surface area (Å²) in [6.07, 6.45) is 0.986. The molecule has 4 nitrogen and oxygen atoms in total. The van der Waals surface area contributed by atoms with Crippen LogP contribution in [-0.4, -0.2) is 14.7 Å². The fourth-order valence-corrected chi connectivity index (χ4v) is 1.80. The Kier molecular flexibility index (Phi) is 3.55. The Morgan fingerprint density at radius 1 is 1.38 bits per heavy atom. The first-order valence-corrected chi connectivity index (χ1v) is 6.58. The van der Waals surface area contributed by atoms with Gasteiger partial charge in [-0.2, -0.15) is 13.7 Å². The van der Waals surface area contributed by atoms with Gasteiger partial charge in [-0.15, -0.1) is 0 Å². The van der Waals surface area contributed by atoms with Gasteiger partial charge in [0.1, 0.15) is 5.75 Å². The van der Waals surface area contributed by atoms with Gasteiger partial charge in [0.05, 0.1) is 17.9 Å². The second-order valence-electron chi connectivity index (χ2n) is 3.80. The molecule has 0 aliphatic carbocycles. The summed E-state index contributed by atoms with van der Waals surface area (Å²) in [4.78, 5) is 0. The lowest BCUT2D eigenvalue weighted by atomic mass is 9.98. The predicted octanol–water partition coefficient (Wildman–Crippen LogP) is 2.02. The molecule has 0 saturated carbocycles. The first kappa shape index (κ1) is 12.5. The van der Waals surface area contributed by atoms with E-state index in [0.717, 1.165) is 11.8 Å². The number of nitrogens with zero attached hydrogens (tertiary/aromatic N) is 1. The van der Waals surface area contributed by atoms with E-state index in [2.05, 4.69) is 6.07 Å². The fraction of sp³-hybridized carbons (Fsp3) is 0.364. The maximum atomic E-state index is 10.9. The van der Waals surface area contributed by atoms with E-state index in [1.807, 2.05) is 13.8 Å². The number of hydrogen-bond donors (Lipinski definition) is 0. The molecule has 0 bridgehead atoms. The van der Waals surface area contributed by atoms with Crippen LogP contribution in [0.5, 0.6) is 5.75 Å². The van der Waals surface area contributed by atoms with Crippen LogP contribution in [0.3, 0.4) is 0 Å². The lowest BCUT2D eigenvalue weighted by molar-refractivity contribution is 0.492. The molecule has 0 aliphatic rings. The van der Waals surface area contributed by atoms with E-state index in [0.29, 0.717) is 5.56 Å². The molecule has 0 aromatic heterocycles. The third kappa shape index (κ3) is 3.24. The minimum atomic E-state index is -3.52. The van der Waals surface area contributed by atoms with Crippen molar-refractivity contribution in [2.75, 3.05) is 6.26 Å². The largest absolute Gasteiger partial charge is 0.383 e. The van der Waals surface area contributed by atoms with Gasteiger partial charge < -0.3 is 4.18 Å². The Labute approximate surface area is 95.6 Å². The number of nitriles is 1. The van der Waals surface area contributed by atoms with E-state index in [4.69, 9.17) is 9.44 Å². The van der Waals surface area contributed by atoms with Gasteiger partial charge in [-0.05, 0) is 29.7 Å². The lowest BCUT2D eigenvalue weighted by Crippen LogP contribution is -2.06. The zero-order valence-electron chi connectivity index (χ0n) is 9.39. The molecular formula is C11H13NO3S. The fourth-order valence-electron chi connectivity index (χ4n) is 1.35. The van der Waals surface area contributed by atoms with E-state index in [1.165, 1.54) is 6.07 Å². The van der Waals surface area contributed by atoms with E-state index in [9.17, 15) is 8.42 Å². The van der Waals surface area contributed by atoms with Crippen LogP contribution in [0.4, 0.5) is 0 Å². The molecule has 0 spiro atoms. The highest BCUT2D eigenvalue weighted by Crippen LogP contribution is 2.24. The molecule has 16 heavy (non-hydrogen) atoms. The maximum Gasteiger partial charge on any atom is 0.306 e. The first-order chi connectivity index (χ1) is 7.33. The van der Waals surface area contributed by atoms with Crippen LogP contribution in [0.25, 0.3) is 0 Å². The Balaban J connectivity index is 3.19. The van der Waals surface area contributed by atoms with Crippen molar-refractivity contribution in [3.8, 4) is 11.8 Å². The zero-order chi connectivity index (χ0) is 12.3. The maximum absolute atomic E-state index is 10.9. The Morgan fingerprint density at radius 2 is 2.00 bits per heavy atom. The van der Waals surface area contributed by atoms with E-state index < -0.39 is 10.1 Å². The summed E-state index contributed by atoms with van der Waals surface area (Å²) >= 11 is 0. The van der Waals surface area contributed by atoms with Gasteiger partial charge in [0.25, 0.3) is 0 Å². The molecule has 0 saturated heterocycles. The summed E-state index contributed by atoms with van der Waals surface area (Å²) in [6.45, 7) is 3.86. The molecule has 0 fully saturated rings. The van der Waals surface area contributed by atoms with E-state index in [1.54, 1.807) is 12.1 Å². The average molecular weight is 239 g/mol. The zero-order valence-corrected chi connectivity index (χ0v) is 10.2.